The summed E-state index contributed by atoms with van der Waals surface area (Å²) in [6.07, 6.45) is 10.7. The van der Waals surface area contributed by atoms with Crippen LogP contribution in [-0.4, -0.2) is 36.0 Å². The Balaban J connectivity index is 1.83. The summed E-state index contributed by atoms with van der Waals surface area (Å²) in [6.45, 7) is 6.25. The highest BCUT2D eigenvalue weighted by Gasteiger charge is 2.27. The first-order valence-corrected chi connectivity index (χ1v) is 8.21. The molecule has 1 N–H and O–H groups in total. The molecule has 3 nitrogen and oxygen atoms in total. The molecule has 0 bridgehead atoms. The highest BCUT2D eigenvalue weighted by molar-refractivity contribution is 5.78. The molecular weight excluding hydrogens is 236 g/mol. The van der Waals surface area contributed by atoms with Gasteiger partial charge in [0.1, 0.15) is 0 Å². The third-order valence-electron chi connectivity index (χ3n) is 4.66. The lowest BCUT2D eigenvalue weighted by atomic mass is 9.99. The third kappa shape index (κ3) is 4.48. The molecule has 0 aromatic carbocycles. The Labute approximate surface area is 118 Å². The summed E-state index contributed by atoms with van der Waals surface area (Å²) in [5.74, 6) is 0.320. The van der Waals surface area contributed by atoms with E-state index in [0.717, 1.165) is 19.0 Å². The van der Waals surface area contributed by atoms with Crippen molar-refractivity contribution in [2.24, 2.45) is 5.92 Å². The second kappa shape index (κ2) is 7.28. The number of nitrogens with one attached hydrogen (secondary N) is 1. The second-order valence-corrected chi connectivity index (χ2v) is 6.64. The van der Waals surface area contributed by atoms with E-state index in [1.54, 1.807) is 0 Å². The molecule has 2 fully saturated rings. The number of carbonyl (C=O) groups is 1. The van der Waals surface area contributed by atoms with Crippen LogP contribution in [0.3, 0.4) is 0 Å². The average Bonchev–Trinajstić information content (AvgIpc) is 2.67. The standard InChI is InChI=1S/C16H30N2O/c1-13(2)16(19)17-14-8-7-11-18(12-14)15-9-5-3-4-6-10-15/h13-15H,3-12H2,1-2H3,(H,17,19)/t14-/m0/s1. The lowest BCUT2D eigenvalue weighted by Gasteiger charge is -2.38. The number of hydrogen-bond donors (Lipinski definition) is 1. The number of rotatable bonds is 3. The predicted octanol–water partition coefficient (Wildman–Crippen LogP) is 2.95. The second-order valence-electron chi connectivity index (χ2n) is 6.64. The van der Waals surface area contributed by atoms with Crippen molar-refractivity contribution in [2.45, 2.75) is 77.3 Å². The largest absolute Gasteiger partial charge is 0.352 e. The van der Waals surface area contributed by atoms with Crippen molar-refractivity contribution in [3.63, 3.8) is 0 Å². The van der Waals surface area contributed by atoms with Gasteiger partial charge in [-0.15, -0.1) is 0 Å². The van der Waals surface area contributed by atoms with Crippen LogP contribution in [0.1, 0.15) is 65.2 Å². The molecule has 0 aromatic heterocycles. The molecule has 3 heteroatoms. The molecule has 0 aromatic rings. The summed E-state index contributed by atoms with van der Waals surface area (Å²) in [6, 6.07) is 1.16. The Bertz CT molecular complexity index is 282. The quantitative estimate of drug-likeness (QED) is 0.797. The van der Waals surface area contributed by atoms with Gasteiger partial charge in [-0.1, -0.05) is 39.5 Å². The van der Waals surface area contributed by atoms with Gasteiger partial charge < -0.3 is 5.32 Å². The van der Waals surface area contributed by atoms with Gasteiger partial charge in [0.25, 0.3) is 0 Å². The fourth-order valence-corrected chi connectivity index (χ4v) is 3.45. The van der Waals surface area contributed by atoms with Gasteiger partial charge in [-0.3, -0.25) is 9.69 Å². The monoisotopic (exact) mass is 266 g/mol. The molecule has 0 unspecified atom stereocenters. The van der Waals surface area contributed by atoms with E-state index in [9.17, 15) is 4.79 Å². The minimum absolute atomic E-state index is 0.105. The molecule has 0 radical (unpaired) electrons. The lowest BCUT2D eigenvalue weighted by molar-refractivity contribution is -0.125. The van der Waals surface area contributed by atoms with Crippen LogP contribution in [0.4, 0.5) is 0 Å². The summed E-state index contributed by atoms with van der Waals surface area (Å²) in [5, 5.41) is 3.22. The van der Waals surface area contributed by atoms with Crippen LogP contribution in [0.5, 0.6) is 0 Å². The first kappa shape index (κ1) is 14.8. The summed E-state index contributed by atoms with van der Waals surface area (Å²) < 4.78 is 0. The maximum absolute atomic E-state index is 11.8. The van der Waals surface area contributed by atoms with Crippen LogP contribution in [0.2, 0.25) is 0 Å². The van der Waals surface area contributed by atoms with Crippen molar-refractivity contribution in [1.29, 1.82) is 0 Å². The average molecular weight is 266 g/mol. The SMILES string of the molecule is CC(C)C(=O)N[C@H]1CCCN(C2CCCCCC2)C1. The Morgan fingerprint density at radius 1 is 1.05 bits per heavy atom. The van der Waals surface area contributed by atoms with E-state index in [4.69, 9.17) is 0 Å². The fourth-order valence-electron chi connectivity index (χ4n) is 3.45. The predicted molar refractivity (Wildman–Crippen MR) is 79.1 cm³/mol. The number of amides is 1. The number of hydrogen-bond acceptors (Lipinski definition) is 2. The van der Waals surface area contributed by atoms with Crippen molar-refractivity contribution >= 4 is 5.91 Å². The fraction of sp³-hybridized carbons (Fsp3) is 0.938. The van der Waals surface area contributed by atoms with Gasteiger partial charge in [0.15, 0.2) is 0 Å². The number of likely N-dealkylation sites (tertiary alicyclic amines) is 1. The van der Waals surface area contributed by atoms with Gasteiger partial charge in [0.2, 0.25) is 5.91 Å². The van der Waals surface area contributed by atoms with Gasteiger partial charge in [-0.25, -0.2) is 0 Å². The zero-order valence-corrected chi connectivity index (χ0v) is 12.7. The molecule has 1 saturated heterocycles. The first-order valence-electron chi connectivity index (χ1n) is 8.21. The molecule has 1 amide bonds. The van der Waals surface area contributed by atoms with E-state index in [0.29, 0.717) is 6.04 Å². The first-order chi connectivity index (χ1) is 9.16. The van der Waals surface area contributed by atoms with Gasteiger partial charge in [0, 0.05) is 24.5 Å². The maximum Gasteiger partial charge on any atom is 0.222 e. The van der Waals surface area contributed by atoms with Gasteiger partial charge >= 0.3 is 0 Å². The summed E-state index contributed by atoms with van der Waals surface area (Å²) >= 11 is 0. The molecular formula is C16H30N2O. The van der Waals surface area contributed by atoms with Crippen molar-refractivity contribution < 1.29 is 4.79 Å². The van der Waals surface area contributed by atoms with Crippen LogP contribution in [0.25, 0.3) is 0 Å². The molecule has 0 spiro atoms. The highest BCUT2D eigenvalue weighted by Crippen LogP contribution is 2.24. The summed E-state index contributed by atoms with van der Waals surface area (Å²) in [5.41, 5.74) is 0. The Kier molecular flexibility index (Phi) is 5.68. The van der Waals surface area contributed by atoms with Crippen LogP contribution in [0.15, 0.2) is 0 Å². The zero-order chi connectivity index (χ0) is 13.7. The smallest absolute Gasteiger partial charge is 0.222 e. The van der Waals surface area contributed by atoms with E-state index in [1.807, 2.05) is 13.8 Å². The van der Waals surface area contributed by atoms with Crippen LogP contribution < -0.4 is 5.32 Å². The molecule has 2 aliphatic rings. The van der Waals surface area contributed by atoms with E-state index in [1.165, 1.54) is 51.5 Å². The Morgan fingerprint density at radius 3 is 2.37 bits per heavy atom. The topological polar surface area (TPSA) is 32.3 Å². The number of carbonyl (C=O) groups excluding carboxylic acids is 1. The van der Waals surface area contributed by atoms with E-state index < -0.39 is 0 Å². The van der Waals surface area contributed by atoms with Gasteiger partial charge in [-0.2, -0.15) is 0 Å². The molecule has 1 heterocycles. The molecule has 1 atom stereocenters. The van der Waals surface area contributed by atoms with Crippen molar-refractivity contribution in [3.05, 3.63) is 0 Å². The molecule has 1 aliphatic carbocycles. The molecule has 110 valence electrons. The number of nitrogens with zero attached hydrogens (tertiary/aromatic N) is 1. The minimum atomic E-state index is 0.105. The van der Waals surface area contributed by atoms with Crippen molar-refractivity contribution in [3.8, 4) is 0 Å². The maximum atomic E-state index is 11.8. The lowest BCUT2D eigenvalue weighted by Crippen LogP contribution is -2.51. The zero-order valence-electron chi connectivity index (χ0n) is 12.7. The number of piperidine rings is 1. The van der Waals surface area contributed by atoms with E-state index >= 15 is 0 Å². The summed E-state index contributed by atoms with van der Waals surface area (Å²) in [7, 11) is 0. The third-order valence-corrected chi connectivity index (χ3v) is 4.66. The Morgan fingerprint density at radius 2 is 1.74 bits per heavy atom. The van der Waals surface area contributed by atoms with Crippen LogP contribution in [-0.2, 0) is 4.79 Å². The van der Waals surface area contributed by atoms with Crippen LogP contribution >= 0.6 is 0 Å². The summed E-state index contributed by atoms with van der Waals surface area (Å²) in [4.78, 5) is 14.5. The molecule has 1 saturated carbocycles. The highest BCUT2D eigenvalue weighted by atomic mass is 16.1. The molecule has 2 rings (SSSR count). The molecule has 1 aliphatic heterocycles. The van der Waals surface area contributed by atoms with Crippen LogP contribution in [0, 0.1) is 5.92 Å². The van der Waals surface area contributed by atoms with Gasteiger partial charge in [-0.05, 0) is 32.2 Å². The van der Waals surface area contributed by atoms with Crippen molar-refractivity contribution in [1.82, 2.24) is 10.2 Å². The van der Waals surface area contributed by atoms with E-state index in [-0.39, 0.29) is 11.8 Å². The normalized spacial score (nSPS) is 27.2. The Hall–Kier alpha value is -0.570. The van der Waals surface area contributed by atoms with E-state index in [2.05, 4.69) is 10.2 Å². The minimum Gasteiger partial charge on any atom is -0.352 e. The van der Waals surface area contributed by atoms with Crippen molar-refractivity contribution in [2.75, 3.05) is 13.1 Å². The van der Waals surface area contributed by atoms with Gasteiger partial charge in [0.05, 0.1) is 0 Å². The molecule has 19 heavy (non-hydrogen) atoms.